The number of rotatable bonds is 4. The average Bonchev–Trinajstić information content (AvgIpc) is 2.35. The van der Waals surface area contributed by atoms with Crippen LogP contribution >= 0.6 is 23.2 Å². The molecule has 0 heterocycles. The molecule has 0 aliphatic carbocycles. The van der Waals surface area contributed by atoms with Gasteiger partial charge in [-0.15, -0.1) is 0 Å². The Labute approximate surface area is 118 Å². The van der Waals surface area contributed by atoms with Gasteiger partial charge in [0.05, 0.1) is 0 Å². The van der Waals surface area contributed by atoms with Gasteiger partial charge in [0, 0.05) is 28.7 Å². The summed E-state index contributed by atoms with van der Waals surface area (Å²) < 4.78 is 0. The number of benzene rings is 2. The molecule has 0 unspecified atom stereocenters. The Kier molecular flexibility index (Phi) is 4.65. The molecule has 0 aromatic heterocycles. The van der Waals surface area contributed by atoms with Crippen LogP contribution in [-0.4, -0.2) is 0 Å². The molecule has 2 rings (SSSR count). The fourth-order valence-corrected chi connectivity index (χ4v) is 2.27. The first-order chi connectivity index (χ1) is 8.66. The van der Waals surface area contributed by atoms with Gasteiger partial charge in [0.25, 0.3) is 0 Å². The molecule has 0 amide bonds. The Morgan fingerprint density at radius 3 is 2.11 bits per heavy atom. The lowest BCUT2D eigenvalue weighted by molar-refractivity contribution is 0.693. The van der Waals surface area contributed by atoms with Crippen molar-refractivity contribution in [2.75, 3.05) is 0 Å². The van der Waals surface area contributed by atoms with E-state index in [9.17, 15) is 0 Å². The summed E-state index contributed by atoms with van der Waals surface area (Å²) in [5, 5.41) is 4.76. The van der Waals surface area contributed by atoms with Gasteiger partial charge in [0.1, 0.15) is 0 Å². The number of hydrogen-bond donors (Lipinski definition) is 1. The predicted molar refractivity (Wildman–Crippen MR) is 78.2 cm³/mol. The van der Waals surface area contributed by atoms with E-state index in [0.717, 1.165) is 12.1 Å². The summed E-state index contributed by atoms with van der Waals surface area (Å²) in [7, 11) is 0. The first-order valence-electron chi connectivity index (χ1n) is 5.86. The highest BCUT2D eigenvalue weighted by Gasteiger charge is 2.04. The molecule has 0 saturated heterocycles. The van der Waals surface area contributed by atoms with Crippen molar-refractivity contribution in [3.05, 3.63) is 69.2 Å². The molecule has 0 spiro atoms. The first-order valence-corrected chi connectivity index (χ1v) is 6.61. The van der Waals surface area contributed by atoms with Crippen LogP contribution in [0.1, 0.15) is 16.7 Å². The van der Waals surface area contributed by atoms with Crippen molar-refractivity contribution in [3.63, 3.8) is 0 Å². The molecule has 0 fully saturated rings. The Bertz CT molecular complexity index is 500. The summed E-state index contributed by atoms with van der Waals surface area (Å²) >= 11 is 12.2. The lowest BCUT2D eigenvalue weighted by atomic mass is 10.1. The molecule has 2 aromatic carbocycles. The van der Waals surface area contributed by atoms with Gasteiger partial charge >= 0.3 is 0 Å². The number of hydrogen-bond acceptors (Lipinski definition) is 1. The van der Waals surface area contributed by atoms with Crippen molar-refractivity contribution in [2.45, 2.75) is 20.0 Å². The van der Waals surface area contributed by atoms with Crippen LogP contribution in [0.5, 0.6) is 0 Å². The van der Waals surface area contributed by atoms with E-state index < -0.39 is 0 Å². The second-order valence-electron chi connectivity index (χ2n) is 4.29. The van der Waals surface area contributed by atoms with E-state index in [1.54, 1.807) is 0 Å². The topological polar surface area (TPSA) is 12.0 Å². The highest BCUT2D eigenvalue weighted by Crippen LogP contribution is 2.23. The van der Waals surface area contributed by atoms with Gasteiger partial charge in [-0.2, -0.15) is 0 Å². The van der Waals surface area contributed by atoms with Crippen molar-refractivity contribution in [1.29, 1.82) is 0 Å². The standard InChI is InChI=1S/C15H15Cl2N/c1-11-5-7-12(8-6-11)9-18-10-13-14(16)3-2-4-15(13)17/h2-8,18H,9-10H2,1H3. The molecule has 94 valence electrons. The minimum atomic E-state index is 0.673. The molecule has 2 aromatic rings. The molecule has 0 aliphatic heterocycles. The maximum absolute atomic E-state index is 6.11. The van der Waals surface area contributed by atoms with Crippen molar-refractivity contribution in [3.8, 4) is 0 Å². The molecule has 0 atom stereocenters. The molecule has 3 heteroatoms. The van der Waals surface area contributed by atoms with Crippen molar-refractivity contribution in [1.82, 2.24) is 5.32 Å². The van der Waals surface area contributed by atoms with Crippen LogP contribution in [0.3, 0.4) is 0 Å². The summed E-state index contributed by atoms with van der Waals surface area (Å²) in [5.74, 6) is 0. The molecule has 0 aliphatic rings. The predicted octanol–water partition coefficient (Wildman–Crippen LogP) is 4.59. The molecule has 0 radical (unpaired) electrons. The van der Waals surface area contributed by atoms with Crippen LogP contribution < -0.4 is 5.32 Å². The largest absolute Gasteiger partial charge is 0.309 e. The molecule has 1 nitrogen and oxygen atoms in total. The number of aryl methyl sites for hydroxylation is 1. The summed E-state index contributed by atoms with van der Waals surface area (Å²) in [6.07, 6.45) is 0. The Balaban J connectivity index is 1.94. The maximum Gasteiger partial charge on any atom is 0.0465 e. The minimum absolute atomic E-state index is 0.673. The fourth-order valence-electron chi connectivity index (χ4n) is 1.74. The highest BCUT2D eigenvalue weighted by atomic mass is 35.5. The minimum Gasteiger partial charge on any atom is -0.309 e. The molecule has 0 bridgehead atoms. The zero-order valence-electron chi connectivity index (χ0n) is 10.2. The van der Waals surface area contributed by atoms with Gasteiger partial charge < -0.3 is 5.32 Å². The van der Waals surface area contributed by atoms with E-state index in [0.29, 0.717) is 16.6 Å². The van der Waals surface area contributed by atoms with Crippen LogP contribution in [-0.2, 0) is 13.1 Å². The van der Waals surface area contributed by atoms with E-state index in [4.69, 9.17) is 23.2 Å². The lowest BCUT2D eigenvalue weighted by Crippen LogP contribution is -2.13. The molecular weight excluding hydrogens is 265 g/mol. The quantitative estimate of drug-likeness (QED) is 0.863. The van der Waals surface area contributed by atoms with Gasteiger partial charge in [-0.25, -0.2) is 0 Å². The normalized spacial score (nSPS) is 10.6. The maximum atomic E-state index is 6.11. The van der Waals surface area contributed by atoms with E-state index in [-0.39, 0.29) is 0 Å². The monoisotopic (exact) mass is 279 g/mol. The third kappa shape index (κ3) is 3.49. The van der Waals surface area contributed by atoms with Crippen LogP contribution in [0.25, 0.3) is 0 Å². The van der Waals surface area contributed by atoms with Crippen LogP contribution in [0.15, 0.2) is 42.5 Å². The Hall–Kier alpha value is -1.02. The molecule has 0 saturated carbocycles. The smallest absolute Gasteiger partial charge is 0.0465 e. The Morgan fingerprint density at radius 1 is 0.889 bits per heavy atom. The van der Waals surface area contributed by atoms with Crippen LogP contribution in [0.2, 0.25) is 10.0 Å². The Morgan fingerprint density at radius 2 is 1.50 bits per heavy atom. The van der Waals surface area contributed by atoms with Crippen molar-refractivity contribution in [2.24, 2.45) is 0 Å². The average molecular weight is 280 g/mol. The third-order valence-corrected chi connectivity index (χ3v) is 3.52. The van der Waals surface area contributed by atoms with Gasteiger partial charge in [0.15, 0.2) is 0 Å². The van der Waals surface area contributed by atoms with Gasteiger partial charge in [0.2, 0.25) is 0 Å². The zero-order chi connectivity index (χ0) is 13.0. The lowest BCUT2D eigenvalue weighted by Gasteiger charge is -2.09. The number of nitrogens with one attached hydrogen (secondary N) is 1. The summed E-state index contributed by atoms with van der Waals surface area (Å²) in [5.41, 5.74) is 3.48. The van der Waals surface area contributed by atoms with Gasteiger partial charge in [-0.3, -0.25) is 0 Å². The second kappa shape index (κ2) is 6.24. The summed E-state index contributed by atoms with van der Waals surface area (Å²) in [6, 6.07) is 14.0. The van der Waals surface area contributed by atoms with Crippen molar-refractivity contribution >= 4 is 23.2 Å². The third-order valence-electron chi connectivity index (χ3n) is 2.81. The van der Waals surface area contributed by atoms with Gasteiger partial charge in [-0.05, 0) is 24.6 Å². The first kappa shape index (κ1) is 13.4. The number of halogens is 2. The SMILES string of the molecule is Cc1ccc(CNCc2c(Cl)cccc2Cl)cc1. The van der Waals surface area contributed by atoms with Gasteiger partial charge in [-0.1, -0.05) is 59.1 Å². The molecular formula is C15H15Cl2N. The van der Waals surface area contributed by atoms with Crippen molar-refractivity contribution < 1.29 is 0 Å². The highest BCUT2D eigenvalue weighted by molar-refractivity contribution is 6.35. The van der Waals surface area contributed by atoms with E-state index in [2.05, 4.69) is 36.5 Å². The zero-order valence-corrected chi connectivity index (χ0v) is 11.7. The molecule has 1 N–H and O–H groups in total. The summed E-state index contributed by atoms with van der Waals surface area (Å²) in [4.78, 5) is 0. The van der Waals surface area contributed by atoms with E-state index in [1.165, 1.54) is 11.1 Å². The molecule has 18 heavy (non-hydrogen) atoms. The summed E-state index contributed by atoms with van der Waals surface area (Å²) in [6.45, 7) is 3.56. The van der Waals surface area contributed by atoms with E-state index >= 15 is 0 Å². The van der Waals surface area contributed by atoms with Crippen LogP contribution in [0, 0.1) is 6.92 Å². The van der Waals surface area contributed by atoms with Crippen LogP contribution in [0.4, 0.5) is 0 Å². The fraction of sp³-hybridized carbons (Fsp3) is 0.200. The second-order valence-corrected chi connectivity index (χ2v) is 5.10. The van der Waals surface area contributed by atoms with E-state index in [1.807, 2.05) is 18.2 Å².